The van der Waals surface area contributed by atoms with E-state index < -0.39 is 6.10 Å². The average Bonchev–Trinajstić information content (AvgIpc) is 3.09. The Morgan fingerprint density at radius 2 is 1.65 bits per heavy atom. The van der Waals surface area contributed by atoms with Gasteiger partial charge in [0.15, 0.2) is 0 Å². The molecule has 0 aromatic rings. The lowest BCUT2D eigenvalue weighted by Crippen LogP contribution is -2.59. The molecule has 0 radical (unpaired) electrons. The third-order valence-corrected chi connectivity index (χ3v) is 8.94. The molecule has 0 aliphatic heterocycles. The smallest absolute Gasteiger partial charge is 0.0626 e. The van der Waals surface area contributed by atoms with Gasteiger partial charge in [-0.2, -0.15) is 0 Å². The SMILES string of the molecule is CC(C)[C@@H]1CC[C@@]2(C)[C@H]1[C@H]1[C@@H]3C[C@]3(CO)[C@H](O)C[C@]1(C)C[C@@H]2O. The molecular weight excluding hydrogens is 288 g/mol. The number of fused-ring (bicyclic) bond motifs is 5. The molecule has 4 rings (SSSR count). The van der Waals surface area contributed by atoms with Crippen LogP contribution < -0.4 is 0 Å². The maximum atomic E-state index is 11.0. The van der Waals surface area contributed by atoms with Crippen LogP contribution in [-0.2, 0) is 0 Å². The zero-order chi connectivity index (χ0) is 16.8. The first-order valence-corrected chi connectivity index (χ1v) is 9.66. The topological polar surface area (TPSA) is 60.7 Å². The molecule has 4 aliphatic carbocycles. The highest BCUT2D eigenvalue weighted by atomic mass is 16.3. The Hall–Kier alpha value is -0.120. The third-order valence-electron chi connectivity index (χ3n) is 8.94. The maximum absolute atomic E-state index is 11.0. The summed E-state index contributed by atoms with van der Waals surface area (Å²) < 4.78 is 0. The van der Waals surface area contributed by atoms with E-state index in [-0.39, 0.29) is 29.0 Å². The highest BCUT2D eigenvalue weighted by molar-refractivity contribution is 5.22. The first-order valence-electron chi connectivity index (χ1n) is 9.66. The van der Waals surface area contributed by atoms with Crippen molar-refractivity contribution < 1.29 is 15.3 Å². The molecule has 9 atom stereocenters. The molecule has 3 heteroatoms. The fourth-order valence-electron chi connectivity index (χ4n) is 7.48. The molecule has 4 fully saturated rings. The molecule has 0 amide bonds. The molecule has 23 heavy (non-hydrogen) atoms. The summed E-state index contributed by atoms with van der Waals surface area (Å²) in [6.07, 6.45) is 4.28. The van der Waals surface area contributed by atoms with E-state index in [0.29, 0.717) is 29.6 Å². The molecule has 0 aromatic carbocycles. The quantitative estimate of drug-likeness (QED) is 0.732. The van der Waals surface area contributed by atoms with Crippen LogP contribution in [0.5, 0.6) is 0 Å². The molecule has 3 N–H and O–H groups in total. The predicted octanol–water partition coefficient (Wildman–Crippen LogP) is 2.83. The fourth-order valence-corrected chi connectivity index (χ4v) is 7.48. The first kappa shape index (κ1) is 16.4. The highest BCUT2D eigenvalue weighted by Gasteiger charge is 2.74. The van der Waals surface area contributed by atoms with Gasteiger partial charge in [-0.3, -0.25) is 0 Å². The second-order valence-electron chi connectivity index (χ2n) is 10.3. The van der Waals surface area contributed by atoms with Gasteiger partial charge in [0.25, 0.3) is 0 Å². The Kier molecular flexibility index (Phi) is 3.37. The summed E-state index contributed by atoms with van der Waals surface area (Å²) >= 11 is 0. The summed E-state index contributed by atoms with van der Waals surface area (Å²) in [7, 11) is 0. The number of aliphatic hydroxyl groups is 3. The van der Waals surface area contributed by atoms with Crippen LogP contribution in [0.25, 0.3) is 0 Å². The standard InChI is InChI=1S/C20H34O3/c1-11(2)12-5-6-19(4)14(22)8-18(3)9-15(23)20(10-21)7-13(20)17(18)16(12)19/h11-17,21-23H,5-10H2,1-4H3/t12-,13-,14-,15+,16+,17+,18-,19+,20+/m0/s1. The summed E-state index contributed by atoms with van der Waals surface area (Å²) in [5.74, 6) is 2.87. The van der Waals surface area contributed by atoms with Crippen LogP contribution in [0.1, 0.15) is 59.8 Å². The van der Waals surface area contributed by atoms with Gasteiger partial charge in [-0.1, -0.05) is 27.7 Å². The Bertz CT molecular complexity index is 505. The van der Waals surface area contributed by atoms with E-state index in [1.165, 1.54) is 6.42 Å². The van der Waals surface area contributed by atoms with Crippen molar-refractivity contribution in [3.05, 3.63) is 0 Å². The summed E-state index contributed by atoms with van der Waals surface area (Å²) in [6.45, 7) is 9.41. The van der Waals surface area contributed by atoms with Crippen molar-refractivity contribution in [1.29, 1.82) is 0 Å². The molecule has 0 heterocycles. The summed E-state index contributed by atoms with van der Waals surface area (Å²) in [5.41, 5.74) is -0.164. The summed E-state index contributed by atoms with van der Waals surface area (Å²) in [6, 6.07) is 0. The van der Waals surface area contributed by atoms with Crippen LogP contribution in [-0.4, -0.2) is 34.1 Å². The lowest BCUT2D eigenvalue weighted by atomic mass is 9.46. The number of hydrogen-bond donors (Lipinski definition) is 3. The predicted molar refractivity (Wildman–Crippen MR) is 89.6 cm³/mol. The number of aliphatic hydroxyl groups excluding tert-OH is 3. The molecule has 3 nitrogen and oxygen atoms in total. The van der Waals surface area contributed by atoms with Crippen molar-refractivity contribution >= 4 is 0 Å². The second-order valence-corrected chi connectivity index (χ2v) is 10.3. The second kappa shape index (κ2) is 4.74. The van der Waals surface area contributed by atoms with E-state index in [9.17, 15) is 15.3 Å². The van der Waals surface area contributed by atoms with Crippen LogP contribution in [0.15, 0.2) is 0 Å². The molecule has 132 valence electrons. The molecule has 0 aromatic heterocycles. The van der Waals surface area contributed by atoms with Crippen LogP contribution in [0.3, 0.4) is 0 Å². The van der Waals surface area contributed by atoms with Gasteiger partial charge in [0.05, 0.1) is 18.8 Å². The molecule has 0 spiro atoms. The van der Waals surface area contributed by atoms with Crippen LogP contribution in [0, 0.1) is 45.8 Å². The van der Waals surface area contributed by atoms with Crippen molar-refractivity contribution in [3.8, 4) is 0 Å². The normalized spacial score (nSPS) is 61.0. The molecule has 0 saturated heterocycles. The molecule has 4 aliphatic rings. The Morgan fingerprint density at radius 3 is 2.26 bits per heavy atom. The average molecular weight is 322 g/mol. The van der Waals surface area contributed by atoms with E-state index in [0.717, 1.165) is 25.7 Å². The van der Waals surface area contributed by atoms with Gasteiger partial charge >= 0.3 is 0 Å². The van der Waals surface area contributed by atoms with Gasteiger partial charge < -0.3 is 15.3 Å². The Balaban J connectivity index is 1.78. The molecule has 0 unspecified atom stereocenters. The fraction of sp³-hybridized carbons (Fsp3) is 1.00. The van der Waals surface area contributed by atoms with Gasteiger partial charge in [-0.15, -0.1) is 0 Å². The van der Waals surface area contributed by atoms with Gasteiger partial charge in [0.2, 0.25) is 0 Å². The van der Waals surface area contributed by atoms with Gasteiger partial charge in [-0.25, -0.2) is 0 Å². The van der Waals surface area contributed by atoms with Crippen LogP contribution >= 0.6 is 0 Å². The minimum atomic E-state index is -0.394. The van der Waals surface area contributed by atoms with Crippen molar-refractivity contribution in [1.82, 2.24) is 0 Å². The van der Waals surface area contributed by atoms with E-state index >= 15 is 0 Å². The number of hydrogen-bond acceptors (Lipinski definition) is 3. The van der Waals surface area contributed by atoms with Crippen LogP contribution in [0.4, 0.5) is 0 Å². The molecule has 4 saturated carbocycles. The van der Waals surface area contributed by atoms with E-state index in [1.807, 2.05) is 0 Å². The van der Waals surface area contributed by atoms with E-state index in [1.54, 1.807) is 0 Å². The van der Waals surface area contributed by atoms with E-state index in [2.05, 4.69) is 27.7 Å². The van der Waals surface area contributed by atoms with Crippen molar-refractivity contribution in [2.24, 2.45) is 45.8 Å². The minimum Gasteiger partial charge on any atom is -0.396 e. The molecule has 0 bridgehead atoms. The molecular formula is C20H34O3. The Morgan fingerprint density at radius 1 is 1.00 bits per heavy atom. The van der Waals surface area contributed by atoms with Gasteiger partial charge in [0.1, 0.15) is 0 Å². The zero-order valence-electron chi connectivity index (χ0n) is 15.1. The lowest BCUT2D eigenvalue weighted by Gasteiger charge is -2.60. The van der Waals surface area contributed by atoms with E-state index in [4.69, 9.17) is 0 Å². The van der Waals surface area contributed by atoms with Crippen molar-refractivity contribution in [3.63, 3.8) is 0 Å². The lowest BCUT2D eigenvalue weighted by molar-refractivity contribution is -0.175. The minimum absolute atomic E-state index is 0.0281. The third kappa shape index (κ3) is 1.88. The van der Waals surface area contributed by atoms with Gasteiger partial charge in [-0.05, 0) is 72.5 Å². The maximum Gasteiger partial charge on any atom is 0.0626 e. The van der Waals surface area contributed by atoms with Gasteiger partial charge in [0, 0.05) is 5.41 Å². The highest BCUT2D eigenvalue weighted by Crippen LogP contribution is 2.76. The summed E-state index contributed by atoms with van der Waals surface area (Å²) in [5, 5.41) is 31.7. The van der Waals surface area contributed by atoms with Crippen LogP contribution in [0.2, 0.25) is 0 Å². The summed E-state index contributed by atoms with van der Waals surface area (Å²) in [4.78, 5) is 0. The Labute approximate surface area is 140 Å². The monoisotopic (exact) mass is 322 g/mol. The van der Waals surface area contributed by atoms with Crippen molar-refractivity contribution in [2.45, 2.75) is 72.0 Å². The van der Waals surface area contributed by atoms with Crippen molar-refractivity contribution in [2.75, 3.05) is 6.61 Å². The zero-order valence-corrected chi connectivity index (χ0v) is 15.1. The first-order chi connectivity index (χ1) is 10.7. The largest absolute Gasteiger partial charge is 0.396 e. The number of rotatable bonds is 2.